The number of benzene rings is 3. The number of aliphatic imine (C=N–C) groups is 1. The fourth-order valence-electron chi connectivity index (χ4n) is 3.24. The Morgan fingerprint density at radius 2 is 1.00 bits per heavy atom. The van der Waals surface area contributed by atoms with Crippen molar-refractivity contribution >= 4 is 11.4 Å². The van der Waals surface area contributed by atoms with Gasteiger partial charge in [0.15, 0.2) is 0 Å². The van der Waals surface area contributed by atoms with Crippen molar-refractivity contribution in [3.63, 3.8) is 0 Å². The predicted octanol–water partition coefficient (Wildman–Crippen LogP) is 7.10. The molecule has 3 aromatic carbocycles. The van der Waals surface area contributed by atoms with Crippen LogP contribution in [0.1, 0.15) is 61.8 Å². The zero-order valence-corrected chi connectivity index (χ0v) is 16.1. The first-order valence-electron chi connectivity index (χ1n) is 9.40. The molecular formula is C25H27N. The van der Waals surface area contributed by atoms with E-state index < -0.39 is 0 Å². The third-order valence-corrected chi connectivity index (χ3v) is 4.66. The van der Waals surface area contributed by atoms with Gasteiger partial charge < -0.3 is 0 Å². The molecule has 0 aromatic heterocycles. The second-order valence-corrected chi connectivity index (χ2v) is 7.29. The van der Waals surface area contributed by atoms with Crippen molar-refractivity contribution in [2.24, 2.45) is 4.99 Å². The highest BCUT2D eigenvalue weighted by atomic mass is 14.8. The normalized spacial score (nSPS) is 11.0. The van der Waals surface area contributed by atoms with E-state index in [0.29, 0.717) is 11.8 Å². The molecule has 0 unspecified atom stereocenters. The van der Waals surface area contributed by atoms with Gasteiger partial charge in [-0.25, -0.2) is 4.99 Å². The average molecular weight is 341 g/mol. The maximum Gasteiger partial charge on any atom is 0.0781 e. The molecule has 0 aliphatic rings. The van der Waals surface area contributed by atoms with Gasteiger partial charge in [-0.15, -0.1) is 0 Å². The molecule has 1 heteroatoms. The van der Waals surface area contributed by atoms with Crippen LogP contribution in [0, 0.1) is 0 Å². The topological polar surface area (TPSA) is 12.4 Å². The quantitative estimate of drug-likeness (QED) is 0.439. The zero-order valence-electron chi connectivity index (χ0n) is 16.1. The molecule has 0 heterocycles. The van der Waals surface area contributed by atoms with Crippen molar-refractivity contribution in [1.29, 1.82) is 0 Å². The summed E-state index contributed by atoms with van der Waals surface area (Å²) >= 11 is 0. The SMILES string of the molecule is CC(C)c1cccc(C(C)C)c1N=C(c1ccccc1)c1ccccc1. The van der Waals surface area contributed by atoms with Crippen LogP contribution in [0.2, 0.25) is 0 Å². The fraction of sp³-hybridized carbons (Fsp3) is 0.240. The maximum atomic E-state index is 5.26. The molecule has 0 fully saturated rings. The molecule has 1 nitrogen and oxygen atoms in total. The van der Waals surface area contributed by atoms with Crippen LogP contribution >= 0.6 is 0 Å². The Bertz CT molecular complexity index is 807. The summed E-state index contributed by atoms with van der Waals surface area (Å²) in [5.74, 6) is 0.862. The van der Waals surface area contributed by atoms with Crippen molar-refractivity contribution in [2.75, 3.05) is 0 Å². The largest absolute Gasteiger partial charge is 0.247 e. The van der Waals surface area contributed by atoms with Gasteiger partial charge in [-0.1, -0.05) is 107 Å². The lowest BCUT2D eigenvalue weighted by atomic mass is 9.92. The second kappa shape index (κ2) is 8.14. The van der Waals surface area contributed by atoms with Crippen LogP contribution in [-0.4, -0.2) is 5.71 Å². The van der Waals surface area contributed by atoms with Gasteiger partial charge in [0.25, 0.3) is 0 Å². The molecule has 3 rings (SSSR count). The van der Waals surface area contributed by atoms with Crippen LogP contribution in [0.3, 0.4) is 0 Å². The lowest BCUT2D eigenvalue weighted by molar-refractivity contribution is 0.834. The third-order valence-electron chi connectivity index (χ3n) is 4.66. The molecule has 0 saturated carbocycles. The highest BCUT2D eigenvalue weighted by Crippen LogP contribution is 2.35. The molecule has 0 aliphatic carbocycles. The number of hydrogen-bond donors (Lipinski definition) is 0. The maximum absolute atomic E-state index is 5.26. The molecule has 132 valence electrons. The van der Waals surface area contributed by atoms with E-state index in [1.54, 1.807) is 0 Å². The molecule has 0 saturated heterocycles. The molecule has 0 bridgehead atoms. The summed E-state index contributed by atoms with van der Waals surface area (Å²) in [6.07, 6.45) is 0. The fourth-order valence-corrected chi connectivity index (χ4v) is 3.24. The molecule has 0 aliphatic heterocycles. The van der Waals surface area contributed by atoms with Crippen LogP contribution in [0.4, 0.5) is 5.69 Å². The van der Waals surface area contributed by atoms with Gasteiger partial charge >= 0.3 is 0 Å². The summed E-state index contributed by atoms with van der Waals surface area (Å²) in [5, 5.41) is 0. The van der Waals surface area contributed by atoms with E-state index in [-0.39, 0.29) is 0 Å². The highest BCUT2D eigenvalue weighted by Gasteiger charge is 2.15. The smallest absolute Gasteiger partial charge is 0.0781 e. The molecular weight excluding hydrogens is 314 g/mol. The second-order valence-electron chi connectivity index (χ2n) is 7.29. The average Bonchev–Trinajstić information content (AvgIpc) is 2.67. The summed E-state index contributed by atoms with van der Waals surface area (Å²) in [6.45, 7) is 8.96. The van der Waals surface area contributed by atoms with E-state index in [1.807, 2.05) is 12.1 Å². The molecule has 0 amide bonds. The monoisotopic (exact) mass is 341 g/mol. The van der Waals surface area contributed by atoms with Crippen molar-refractivity contribution in [2.45, 2.75) is 39.5 Å². The van der Waals surface area contributed by atoms with Gasteiger partial charge in [0.2, 0.25) is 0 Å². The van der Waals surface area contributed by atoms with Crippen LogP contribution in [0.25, 0.3) is 0 Å². The van der Waals surface area contributed by atoms with E-state index in [4.69, 9.17) is 4.99 Å². The Balaban J connectivity index is 2.27. The van der Waals surface area contributed by atoms with E-state index in [1.165, 1.54) is 11.1 Å². The van der Waals surface area contributed by atoms with Crippen molar-refractivity contribution in [3.05, 3.63) is 101 Å². The third kappa shape index (κ3) is 3.94. The van der Waals surface area contributed by atoms with Gasteiger partial charge in [-0.3, -0.25) is 0 Å². The van der Waals surface area contributed by atoms with Crippen molar-refractivity contribution in [1.82, 2.24) is 0 Å². The summed E-state index contributed by atoms with van der Waals surface area (Å²) in [5.41, 5.74) is 7.06. The number of para-hydroxylation sites is 1. The van der Waals surface area contributed by atoms with Gasteiger partial charge in [0, 0.05) is 11.1 Å². The summed E-state index contributed by atoms with van der Waals surface area (Å²) in [4.78, 5) is 5.26. The Morgan fingerprint density at radius 3 is 1.38 bits per heavy atom. The minimum Gasteiger partial charge on any atom is -0.247 e. The van der Waals surface area contributed by atoms with E-state index in [9.17, 15) is 0 Å². The number of nitrogens with zero attached hydrogens (tertiary/aromatic N) is 1. The minimum absolute atomic E-state index is 0.431. The number of hydrogen-bond acceptors (Lipinski definition) is 1. The zero-order chi connectivity index (χ0) is 18.5. The molecule has 0 N–H and O–H groups in total. The number of rotatable bonds is 5. The van der Waals surface area contributed by atoms with Crippen LogP contribution in [-0.2, 0) is 0 Å². The summed E-state index contributed by atoms with van der Waals surface area (Å²) in [6, 6.07) is 27.5. The minimum atomic E-state index is 0.431. The van der Waals surface area contributed by atoms with Gasteiger partial charge in [0.05, 0.1) is 11.4 Å². The first-order chi connectivity index (χ1) is 12.6. The highest BCUT2D eigenvalue weighted by molar-refractivity contribution is 6.14. The van der Waals surface area contributed by atoms with Crippen molar-refractivity contribution in [3.8, 4) is 0 Å². The lowest BCUT2D eigenvalue weighted by Crippen LogP contribution is -2.04. The van der Waals surface area contributed by atoms with E-state index >= 15 is 0 Å². The first-order valence-corrected chi connectivity index (χ1v) is 9.40. The Hall–Kier alpha value is -2.67. The predicted molar refractivity (Wildman–Crippen MR) is 113 cm³/mol. The Kier molecular flexibility index (Phi) is 5.68. The van der Waals surface area contributed by atoms with Crippen LogP contribution in [0.15, 0.2) is 83.9 Å². The van der Waals surface area contributed by atoms with Gasteiger partial charge in [-0.05, 0) is 23.0 Å². The van der Waals surface area contributed by atoms with Gasteiger partial charge in [0.1, 0.15) is 0 Å². The van der Waals surface area contributed by atoms with Gasteiger partial charge in [-0.2, -0.15) is 0 Å². The first kappa shape index (κ1) is 18.1. The Labute approximate surface area is 157 Å². The summed E-state index contributed by atoms with van der Waals surface area (Å²) < 4.78 is 0. The standard InChI is InChI=1S/C25H27N/c1-18(2)22-16-11-17-23(19(3)4)25(22)26-24(20-12-7-5-8-13-20)21-14-9-6-10-15-21/h5-19H,1-4H3. The molecule has 0 atom stereocenters. The van der Waals surface area contributed by atoms with Crippen LogP contribution < -0.4 is 0 Å². The Morgan fingerprint density at radius 1 is 0.577 bits per heavy atom. The molecule has 26 heavy (non-hydrogen) atoms. The van der Waals surface area contributed by atoms with E-state index in [2.05, 4.69) is 94.4 Å². The molecule has 0 spiro atoms. The van der Waals surface area contributed by atoms with Crippen LogP contribution in [0.5, 0.6) is 0 Å². The molecule has 3 aromatic rings. The lowest BCUT2D eigenvalue weighted by Gasteiger charge is -2.18. The van der Waals surface area contributed by atoms with Crippen molar-refractivity contribution < 1.29 is 0 Å². The summed E-state index contributed by atoms with van der Waals surface area (Å²) in [7, 11) is 0. The molecule has 0 radical (unpaired) electrons. The van der Waals surface area contributed by atoms with E-state index in [0.717, 1.165) is 22.5 Å².